The predicted molar refractivity (Wildman–Crippen MR) is 112 cm³/mol. The maximum atomic E-state index is 12.5. The van der Waals surface area contributed by atoms with Crippen LogP contribution in [0.3, 0.4) is 0 Å². The number of para-hydroxylation sites is 1. The molecule has 1 N–H and O–H groups in total. The van der Waals surface area contributed by atoms with Gasteiger partial charge in [-0.25, -0.2) is 0 Å². The molecule has 2 aromatic carbocycles. The third-order valence-corrected chi connectivity index (χ3v) is 5.30. The summed E-state index contributed by atoms with van der Waals surface area (Å²) in [5.74, 6) is -1.61. The molecule has 152 valence electrons. The summed E-state index contributed by atoms with van der Waals surface area (Å²) in [6, 6.07) is 11.4. The number of carbonyl (C=O) groups is 3. The number of amides is 2. The monoisotopic (exact) mass is 394 g/mol. The van der Waals surface area contributed by atoms with Crippen LogP contribution in [0.1, 0.15) is 28.7 Å². The third-order valence-electron chi connectivity index (χ3n) is 5.30. The Morgan fingerprint density at radius 1 is 1.03 bits per heavy atom. The van der Waals surface area contributed by atoms with E-state index in [1.807, 2.05) is 58.0 Å². The van der Waals surface area contributed by atoms with Crippen molar-refractivity contribution in [2.45, 2.75) is 34.1 Å². The largest absolute Gasteiger partial charge is 0.455 e. The molecule has 0 radical (unpaired) electrons. The van der Waals surface area contributed by atoms with Crippen LogP contribution in [0, 0.1) is 33.6 Å². The van der Waals surface area contributed by atoms with Gasteiger partial charge in [0, 0.05) is 24.3 Å². The van der Waals surface area contributed by atoms with E-state index in [-0.39, 0.29) is 25.5 Å². The summed E-state index contributed by atoms with van der Waals surface area (Å²) in [5, 5.41) is 2.72. The minimum Gasteiger partial charge on any atom is -0.455 e. The van der Waals surface area contributed by atoms with Crippen LogP contribution in [0.5, 0.6) is 0 Å². The average molecular weight is 394 g/mol. The number of hydrogen-bond acceptors (Lipinski definition) is 4. The van der Waals surface area contributed by atoms with E-state index in [1.54, 1.807) is 11.0 Å². The normalized spacial score (nSPS) is 16.1. The minimum atomic E-state index is -0.573. The molecule has 0 bridgehead atoms. The summed E-state index contributed by atoms with van der Waals surface area (Å²) in [4.78, 5) is 38.6. The number of esters is 1. The van der Waals surface area contributed by atoms with Crippen molar-refractivity contribution in [1.29, 1.82) is 0 Å². The summed E-state index contributed by atoms with van der Waals surface area (Å²) in [6.45, 7) is 7.73. The number of benzene rings is 2. The Morgan fingerprint density at radius 2 is 1.72 bits per heavy atom. The minimum absolute atomic E-state index is 0.0887. The second-order valence-corrected chi connectivity index (χ2v) is 7.60. The van der Waals surface area contributed by atoms with Crippen LogP contribution >= 0.6 is 0 Å². The zero-order valence-corrected chi connectivity index (χ0v) is 17.2. The van der Waals surface area contributed by atoms with E-state index < -0.39 is 17.8 Å². The van der Waals surface area contributed by atoms with Crippen LogP contribution < -0.4 is 10.2 Å². The van der Waals surface area contributed by atoms with Crippen molar-refractivity contribution in [2.75, 3.05) is 23.4 Å². The van der Waals surface area contributed by atoms with Crippen LogP contribution in [0.2, 0.25) is 0 Å². The average Bonchev–Trinajstić information content (AvgIpc) is 3.04. The van der Waals surface area contributed by atoms with Gasteiger partial charge in [-0.1, -0.05) is 24.3 Å². The molecule has 0 unspecified atom stereocenters. The van der Waals surface area contributed by atoms with Crippen LogP contribution in [0.4, 0.5) is 11.4 Å². The first-order valence-electron chi connectivity index (χ1n) is 9.66. The van der Waals surface area contributed by atoms with Gasteiger partial charge in [-0.3, -0.25) is 14.4 Å². The number of carbonyl (C=O) groups excluding carboxylic acids is 3. The zero-order valence-electron chi connectivity index (χ0n) is 17.2. The van der Waals surface area contributed by atoms with Crippen LogP contribution in [-0.2, 0) is 19.1 Å². The van der Waals surface area contributed by atoms with Gasteiger partial charge in [0.1, 0.15) is 0 Å². The van der Waals surface area contributed by atoms with Gasteiger partial charge in [-0.05, 0) is 62.1 Å². The van der Waals surface area contributed by atoms with Crippen LogP contribution in [0.15, 0.2) is 36.4 Å². The molecule has 1 heterocycles. The summed E-state index contributed by atoms with van der Waals surface area (Å²) >= 11 is 0. The van der Waals surface area contributed by atoms with Crippen molar-refractivity contribution in [3.8, 4) is 0 Å². The van der Waals surface area contributed by atoms with E-state index in [2.05, 4.69) is 5.32 Å². The smallest absolute Gasteiger partial charge is 0.311 e. The summed E-state index contributed by atoms with van der Waals surface area (Å²) < 4.78 is 5.18. The van der Waals surface area contributed by atoms with Crippen molar-refractivity contribution >= 4 is 29.2 Å². The van der Waals surface area contributed by atoms with Gasteiger partial charge < -0.3 is 15.0 Å². The fourth-order valence-corrected chi connectivity index (χ4v) is 3.58. The molecule has 3 rings (SSSR count). The van der Waals surface area contributed by atoms with E-state index >= 15 is 0 Å². The first-order chi connectivity index (χ1) is 13.8. The Kier molecular flexibility index (Phi) is 6.01. The highest BCUT2D eigenvalue weighted by atomic mass is 16.5. The van der Waals surface area contributed by atoms with E-state index in [0.29, 0.717) is 5.69 Å². The maximum absolute atomic E-state index is 12.5. The molecular weight excluding hydrogens is 368 g/mol. The summed E-state index contributed by atoms with van der Waals surface area (Å²) in [6.07, 6.45) is 0.0887. The molecule has 1 atom stereocenters. The lowest BCUT2D eigenvalue weighted by Gasteiger charge is -2.21. The van der Waals surface area contributed by atoms with Gasteiger partial charge in [0.05, 0.1) is 5.92 Å². The molecule has 29 heavy (non-hydrogen) atoms. The molecule has 1 aliphatic rings. The molecular formula is C23H26N2O4. The highest BCUT2D eigenvalue weighted by Crippen LogP contribution is 2.31. The quantitative estimate of drug-likeness (QED) is 0.788. The van der Waals surface area contributed by atoms with Crippen molar-refractivity contribution in [2.24, 2.45) is 5.92 Å². The van der Waals surface area contributed by atoms with E-state index in [9.17, 15) is 14.4 Å². The zero-order chi connectivity index (χ0) is 21.1. The fourth-order valence-electron chi connectivity index (χ4n) is 3.58. The molecule has 0 saturated carbocycles. The lowest BCUT2D eigenvalue weighted by Crippen LogP contribution is -2.29. The number of hydrogen-bond donors (Lipinski definition) is 1. The van der Waals surface area contributed by atoms with Crippen molar-refractivity contribution < 1.29 is 19.1 Å². The van der Waals surface area contributed by atoms with Crippen molar-refractivity contribution in [1.82, 2.24) is 0 Å². The number of anilines is 2. The Morgan fingerprint density at radius 3 is 2.38 bits per heavy atom. The van der Waals surface area contributed by atoms with Gasteiger partial charge in [-0.2, -0.15) is 0 Å². The molecule has 1 fully saturated rings. The van der Waals surface area contributed by atoms with Crippen molar-refractivity contribution in [3.63, 3.8) is 0 Å². The number of rotatable bonds is 5. The number of nitrogens with zero attached hydrogens (tertiary/aromatic N) is 1. The summed E-state index contributed by atoms with van der Waals surface area (Å²) in [7, 11) is 0. The molecule has 6 heteroatoms. The predicted octanol–water partition coefficient (Wildman–Crippen LogP) is 3.46. The molecule has 1 saturated heterocycles. The SMILES string of the molecule is Cc1ccc(NC(=O)COC(=O)[C@@H]2CC(=O)N(c3c(C)cccc3C)C2)cc1C. The second kappa shape index (κ2) is 8.47. The molecule has 6 nitrogen and oxygen atoms in total. The molecule has 0 aliphatic carbocycles. The lowest BCUT2D eigenvalue weighted by molar-refractivity contribution is -0.151. The number of aryl methyl sites for hydroxylation is 4. The van der Waals surface area contributed by atoms with E-state index in [0.717, 1.165) is 27.9 Å². The standard InChI is InChI=1S/C23H26N2O4/c1-14-8-9-19(10-17(14)4)24-20(26)13-29-23(28)18-11-21(27)25(12-18)22-15(2)6-5-7-16(22)3/h5-10,18H,11-13H2,1-4H3,(H,24,26)/t18-/m1/s1. The number of nitrogens with one attached hydrogen (secondary N) is 1. The van der Waals surface area contributed by atoms with Gasteiger partial charge in [0.15, 0.2) is 6.61 Å². The molecule has 2 amide bonds. The Balaban J connectivity index is 1.56. The molecule has 0 spiro atoms. The topological polar surface area (TPSA) is 75.7 Å². The van der Waals surface area contributed by atoms with Gasteiger partial charge in [0.2, 0.25) is 5.91 Å². The fraction of sp³-hybridized carbons (Fsp3) is 0.348. The third kappa shape index (κ3) is 4.65. The number of ether oxygens (including phenoxy) is 1. The molecule has 0 aromatic heterocycles. The highest BCUT2D eigenvalue weighted by Gasteiger charge is 2.37. The first-order valence-corrected chi connectivity index (χ1v) is 9.66. The highest BCUT2D eigenvalue weighted by molar-refractivity contribution is 6.01. The Labute approximate surface area is 170 Å². The van der Waals surface area contributed by atoms with Gasteiger partial charge in [-0.15, -0.1) is 0 Å². The van der Waals surface area contributed by atoms with E-state index in [1.165, 1.54) is 0 Å². The molecule has 2 aromatic rings. The van der Waals surface area contributed by atoms with Crippen molar-refractivity contribution in [3.05, 3.63) is 58.7 Å². The van der Waals surface area contributed by atoms with Gasteiger partial charge in [0.25, 0.3) is 5.91 Å². The first kappa shape index (κ1) is 20.6. The Hall–Kier alpha value is -3.15. The Bertz CT molecular complexity index is 947. The van der Waals surface area contributed by atoms with Crippen LogP contribution in [0.25, 0.3) is 0 Å². The van der Waals surface area contributed by atoms with Gasteiger partial charge >= 0.3 is 5.97 Å². The summed E-state index contributed by atoms with van der Waals surface area (Å²) in [5.41, 5.74) is 5.68. The second-order valence-electron chi connectivity index (χ2n) is 7.60. The van der Waals surface area contributed by atoms with Crippen LogP contribution in [-0.4, -0.2) is 30.9 Å². The molecule has 1 aliphatic heterocycles. The maximum Gasteiger partial charge on any atom is 0.311 e. The van der Waals surface area contributed by atoms with E-state index in [4.69, 9.17) is 4.74 Å². The lowest BCUT2D eigenvalue weighted by atomic mass is 10.1.